The van der Waals surface area contributed by atoms with Crippen LogP contribution in [0.4, 0.5) is 4.79 Å². The van der Waals surface area contributed by atoms with E-state index < -0.39 is 0 Å². The molecule has 0 aromatic carbocycles. The molecule has 0 radical (unpaired) electrons. The van der Waals surface area contributed by atoms with Crippen molar-refractivity contribution in [3.05, 3.63) is 35.1 Å². The number of urea groups is 1. The first-order chi connectivity index (χ1) is 7.75. The van der Waals surface area contributed by atoms with Crippen molar-refractivity contribution in [3.63, 3.8) is 0 Å². The third kappa shape index (κ3) is 1.30. The van der Waals surface area contributed by atoms with Gasteiger partial charge < -0.3 is 10.6 Å². The first-order valence-corrected chi connectivity index (χ1v) is 5.47. The molecule has 4 heteroatoms. The first-order valence-electron chi connectivity index (χ1n) is 5.47. The van der Waals surface area contributed by atoms with Gasteiger partial charge in [-0.1, -0.05) is 12.2 Å². The maximum atomic E-state index is 11.1. The van der Waals surface area contributed by atoms with Crippen LogP contribution in [0.1, 0.15) is 12.8 Å². The summed E-state index contributed by atoms with van der Waals surface area (Å²) in [5, 5.41) is 0. The molecule has 0 aromatic rings. The third-order valence-corrected chi connectivity index (χ3v) is 3.27. The van der Waals surface area contributed by atoms with Crippen molar-refractivity contribution < 1.29 is 4.79 Å². The van der Waals surface area contributed by atoms with E-state index in [1.54, 1.807) is 4.90 Å². The summed E-state index contributed by atoms with van der Waals surface area (Å²) in [6, 6.07) is -0.353. The lowest BCUT2D eigenvalue weighted by molar-refractivity contribution is 0.213. The van der Waals surface area contributed by atoms with Crippen molar-refractivity contribution in [2.75, 3.05) is 13.1 Å². The van der Waals surface area contributed by atoms with Crippen LogP contribution in [-0.2, 0) is 0 Å². The Labute approximate surface area is 93.8 Å². The Balaban J connectivity index is 1.94. The number of likely N-dealkylation sites (tertiary alicyclic amines) is 1. The Morgan fingerprint density at radius 3 is 3.12 bits per heavy atom. The molecule has 0 spiro atoms. The van der Waals surface area contributed by atoms with E-state index in [1.807, 2.05) is 12.2 Å². The highest BCUT2D eigenvalue weighted by Gasteiger charge is 2.29. The van der Waals surface area contributed by atoms with E-state index in [9.17, 15) is 4.79 Å². The molecule has 0 bridgehead atoms. The van der Waals surface area contributed by atoms with Crippen molar-refractivity contribution in [1.29, 1.82) is 0 Å². The molecule has 82 valence electrons. The standard InChI is InChI=1S/C12H13N3O/c13-12(16)15-6-5-9-8-3-1-2-4-10(8)14-11(9)7-15/h1-2,4H,3,5-7H2,(H2,13,16). The van der Waals surface area contributed by atoms with E-state index in [-0.39, 0.29) is 6.03 Å². The van der Waals surface area contributed by atoms with E-state index in [0.717, 1.165) is 24.3 Å². The molecule has 1 fully saturated rings. The fraction of sp³-hybridized carbons (Fsp3) is 0.333. The van der Waals surface area contributed by atoms with Crippen molar-refractivity contribution in [3.8, 4) is 0 Å². The summed E-state index contributed by atoms with van der Waals surface area (Å²) in [4.78, 5) is 17.3. The molecule has 0 unspecified atom stereocenters. The Morgan fingerprint density at radius 1 is 1.44 bits per heavy atom. The van der Waals surface area contributed by atoms with Gasteiger partial charge in [0.25, 0.3) is 0 Å². The molecule has 2 heterocycles. The van der Waals surface area contributed by atoms with Gasteiger partial charge in [-0.05, 0) is 30.1 Å². The number of nitrogens with zero attached hydrogens (tertiary/aromatic N) is 2. The quantitative estimate of drug-likeness (QED) is 0.651. The largest absolute Gasteiger partial charge is 0.351 e. The van der Waals surface area contributed by atoms with Crippen LogP contribution >= 0.6 is 0 Å². The van der Waals surface area contributed by atoms with Gasteiger partial charge in [0.1, 0.15) is 0 Å². The summed E-state index contributed by atoms with van der Waals surface area (Å²) in [5.41, 5.74) is 10.0. The summed E-state index contributed by atoms with van der Waals surface area (Å²) in [6.45, 7) is 1.27. The van der Waals surface area contributed by atoms with Crippen LogP contribution in [0.3, 0.4) is 0 Å². The van der Waals surface area contributed by atoms with E-state index >= 15 is 0 Å². The molecule has 2 amide bonds. The summed E-state index contributed by atoms with van der Waals surface area (Å²) in [7, 11) is 0. The van der Waals surface area contributed by atoms with E-state index in [0.29, 0.717) is 13.1 Å². The Hall–Kier alpha value is -1.84. The van der Waals surface area contributed by atoms with Crippen molar-refractivity contribution >= 4 is 11.7 Å². The number of piperidine rings is 1. The lowest BCUT2D eigenvalue weighted by Gasteiger charge is -2.27. The first kappa shape index (κ1) is 9.39. The number of rotatable bonds is 0. The molecule has 2 N–H and O–H groups in total. The average Bonchev–Trinajstić information content (AvgIpc) is 2.66. The van der Waals surface area contributed by atoms with E-state index in [2.05, 4.69) is 11.1 Å². The Morgan fingerprint density at radius 2 is 2.31 bits per heavy atom. The predicted octanol–water partition coefficient (Wildman–Crippen LogP) is 1.37. The molecule has 1 aliphatic carbocycles. The number of allylic oxidation sites excluding steroid dienone is 4. The zero-order valence-electron chi connectivity index (χ0n) is 8.94. The fourth-order valence-corrected chi connectivity index (χ4v) is 2.44. The van der Waals surface area contributed by atoms with E-state index in [1.165, 1.54) is 11.1 Å². The number of amides is 2. The molecular weight excluding hydrogens is 202 g/mol. The van der Waals surface area contributed by atoms with E-state index in [4.69, 9.17) is 5.73 Å². The SMILES string of the molecule is NC(=O)N1CCC2=C3CC=CC=C3N=C2C1. The van der Waals surface area contributed by atoms with Gasteiger partial charge in [0.15, 0.2) is 0 Å². The number of carbonyl (C=O) groups excluding carboxylic acids is 1. The number of aliphatic imine (C=N–C) groups is 1. The third-order valence-electron chi connectivity index (χ3n) is 3.27. The summed E-state index contributed by atoms with van der Waals surface area (Å²) in [6.07, 6.45) is 8.05. The van der Waals surface area contributed by atoms with Gasteiger partial charge in [0.2, 0.25) is 0 Å². The van der Waals surface area contributed by atoms with Crippen LogP contribution in [-0.4, -0.2) is 29.7 Å². The maximum Gasteiger partial charge on any atom is 0.315 e. The molecule has 0 aromatic heterocycles. The highest BCUT2D eigenvalue weighted by atomic mass is 16.2. The molecule has 2 aliphatic heterocycles. The molecule has 3 aliphatic rings. The van der Waals surface area contributed by atoms with Crippen LogP contribution in [0.15, 0.2) is 40.1 Å². The van der Waals surface area contributed by atoms with Gasteiger partial charge >= 0.3 is 6.03 Å². The van der Waals surface area contributed by atoms with Crippen LogP contribution in [0.25, 0.3) is 0 Å². The van der Waals surface area contributed by atoms with Gasteiger partial charge in [-0.15, -0.1) is 0 Å². The zero-order valence-corrected chi connectivity index (χ0v) is 8.94. The van der Waals surface area contributed by atoms with Gasteiger partial charge in [-0.2, -0.15) is 0 Å². The number of nitrogens with two attached hydrogens (primary N) is 1. The molecule has 0 atom stereocenters. The minimum atomic E-state index is -0.353. The second-order valence-corrected chi connectivity index (χ2v) is 4.21. The second-order valence-electron chi connectivity index (χ2n) is 4.21. The summed E-state index contributed by atoms with van der Waals surface area (Å²) in [5.74, 6) is 0. The van der Waals surface area contributed by atoms with Crippen LogP contribution in [0.5, 0.6) is 0 Å². The molecule has 3 rings (SSSR count). The molecular formula is C12H13N3O. The van der Waals surface area contributed by atoms with Crippen molar-refractivity contribution in [1.82, 2.24) is 4.90 Å². The zero-order chi connectivity index (χ0) is 11.1. The highest BCUT2D eigenvalue weighted by molar-refractivity contribution is 6.08. The molecule has 4 nitrogen and oxygen atoms in total. The maximum absolute atomic E-state index is 11.1. The smallest absolute Gasteiger partial charge is 0.315 e. The second kappa shape index (κ2) is 3.33. The van der Waals surface area contributed by atoms with Crippen molar-refractivity contribution in [2.24, 2.45) is 10.7 Å². The summed E-state index contributed by atoms with van der Waals surface area (Å²) >= 11 is 0. The minimum absolute atomic E-state index is 0.353. The monoisotopic (exact) mass is 215 g/mol. The fourth-order valence-electron chi connectivity index (χ4n) is 2.44. The number of fused-ring (bicyclic) bond motifs is 2. The number of carbonyl (C=O) groups is 1. The lowest BCUT2D eigenvalue weighted by Crippen LogP contribution is -2.43. The van der Waals surface area contributed by atoms with Crippen LogP contribution < -0.4 is 5.73 Å². The summed E-state index contributed by atoms with van der Waals surface area (Å²) < 4.78 is 0. The topological polar surface area (TPSA) is 58.7 Å². The number of hydrogen-bond donors (Lipinski definition) is 1. The Bertz CT molecular complexity index is 482. The molecule has 1 saturated heterocycles. The predicted molar refractivity (Wildman–Crippen MR) is 62.1 cm³/mol. The van der Waals surface area contributed by atoms with Crippen LogP contribution in [0, 0.1) is 0 Å². The van der Waals surface area contributed by atoms with Gasteiger partial charge in [0, 0.05) is 6.54 Å². The van der Waals surface area contributed by atoms with Gasteiger partial charge in [0.05, 0.1) is 18.0 Å². The highest BCUT2D eigenvalue weighted by Crippen LogP contribution is 2.34. The Kier molecular flexibility index (Phi) is 1.96. The van der Waals surface area contributed by atoms with Crippen molar-refractivity contribution in [2.45, 2.75) is 12.8 Å². The molecule has 16 heavy (non-hydrogen) atoms. The number of hydrogen-bond acceptors (Lipinski definition) is 2. The van der Waals surface area contributed by atoms with Crippen LogP contribution in [0.2, 0.25) is 0 Å². The number of primary amides is 1. The molecule has 0 saturated carbocycles. The normalized spacial score (nSPS) is 22.6. The lowest BCUT2D eigenvalue weighted by atomic mass is 9.94. The van der Waals surface area contributed by atoms with Gasteiger partial charge in [-0.3, -0.25) is 4.99 Å². The minimum Gasteiger partial charge on any atom is -0.351 e. The van der Waals surface area contributed by atoms with Gasteiger partial charge in [-0.25, -0.2) is 4.79 Å². The average molecular weight is 215 g/mol.